The van der Waals surface area contributed by atoms with E-state index in [-0.39, 0.29) is 42.3 Å². The fraction of sp³-hybridized carbons (Fsp3) is 0.387. The van der Waals surface area contributed by atoms with Crippen LogP contribution in [0.2, 0.25) is 0 Å². The molecule has 1 saturated carbocycles. The number of aromatic carboxylic acids is 1. The Morgan fingerprint density at radius 2 is 1.79 bits per heavy atom. The molecule has 1 atom stereocenters. The summed E-state index contributed by atoms with van der Waals surface area (Å²) in [5.41, 5.74) is 2.55. The molecule has 1 aliphatic rings. The fourth-order valence-electron chi connectivity index (χ4n) is 5.19. The van der Waals surface area contributed by atoms with Crippen LogP contribution in [0.3, 0.4) is 0 Å². The predicted octanol–water partition coefficient (Wildman–Crippen LogP) is 3.39. The molecule has 1 aromatic heterocycles. The zero-order valence-electron chi connectivity index (χ0n) is 24.0. The molecule has 2 aromatic carbocycles. The van der Waals surface area contributed by atoms with Crippen molar-refractivity contribution >= 4 is 46.0 Å². The Bertz CT molecular complexity index is 1520. The van der Waals surface area contributed by atoms with E-state index in [1.54, 1.807) is 35.0 Å². The van der Waals surface area contributed by atoms with Crippen LogP contribution in [-0.4, -0.2) is 72.4 Å². The highest BCUT2D eigenvalue weighted by Gasteiger charge is 2.30. The van der Waals surface area contributed by atoms with Crippen LogP contribution < -0.4 is 15.5 Å². The number of carbonyl (C=O) groups excluding carboxylic acids is 3. The quantitative estimate of drug-likeness (QED) is 0.290. The number of carboxylic acids is 1. The van der Waals surface area contributed by atoms with Crippen molar-refractivity contribution in [2.75, 3.05) is 37.9 Å². The summed E-state index contributed by atoms with van der Waals surface area (Å²) in [5.74, 6) is -2.15. The van der Waals surface area contributed by atoms with Gasteiger partial charge in [-0.05, 0) is 81.7 Å². The molecule has 0 unspecified atom stereocenters. The van der Waals surface area contributed by atoms with E-state index in [1.807, 2.05) is 38.4 Å². The number of nitrogens with zero attached hydrogens (tertiary/aromatic N) is 3. The smallest absolute Gasteiger partial charge is 0.352 e. The van der Waals surface area contributed by atoms with Crippen LogP contribution in [0.5, 0.6) is 0 Å². The lowest BCUT2D eigenvalue weighted by Gasteiger charge is -2.27. The average Bonchev–Trinajstić information content (AvgIpc) is 3.40. The van der Waals surface area contributed by atoms with Crippen molar-refractivity contribution in [2.45, 2.75) is 38.1 Å². The Morgan fingerprint density at radius 3 is 2.45 bits per heavy atom. The minimum atomic E-state index is -1.08. The summed E-state index contributed by atoms with van der Waals surface area (Å²) < 4.78 is 0. The molecule has 11 heteroatoms. The Hall–Kier alpha value is -4.69. The van der Waals surface area contributed by atoms with Crippen molar-refractivity contribution in [1.29, 1.82) is 5.26 Å². The van der Waals surface area contributed by atoms with Gasteiger partial charge in [0.25, 0.3) is 0 Å². The topological polar surface area (TPSA) is 159 Å². The van der Waals surface area contributed by atoms with E-state index in [2.05, 4.69) is 21.7 Å². The van der Waals surface area contributed by atoms with Crippen molar-refractivity contribution in [3.05, 3.63) is 59.8 Å². The van der Waals surface area contributed by atoms with E-state index >= 15 is 0 Å². The molecule has 0 bridgehead atoms. The Labute approximate surface area is 244 Å². The van der Waals surface area contributed by atoms with Gasteiger partial charge in [-0.1, -0.05) is 12.1 Å². The second-order valence-corrected chi connectivity index (χ2v) is 11.1. The first-order valence-electron chi connectivity index (χ1n) is 13.9. The van der Waals surface area contributed by atoms with E-state index in [0.717, 1.165) is 5.56 Å². The number of carboxylic acid groups (broad SMARTS) is 1. The van der Waals surface area contributed by atoms with Crippen molar-refractivity contribution in [3.8, 4) is 6.07 Å². The summed E-state index contributed by atoms with van der Waals surface area (Å²) in [6, 6.07) is 15.2. The molecule has 0 spiro atoms. The monoisotopic (exact) mass is 572 g/mol. The summed E-state index contributed by atoms with van der Waals surface area (Å²) in [5, 5.41) is 24.9. The number of nitriles is 1. The molecule has 11 nitrogen and oxygen atoms in total. The molecule has 0 radical (unpaired) electrons. The molecular formula is C31H36N6O5. The number of H-pyrrole nitrogens is 1. The van der Waals surface area contributed by atoms with Gasteiger partial charge in [0.15, 0.2) is 0 Å². The lowest BCUT2D eigenvalue weighted by atomic mass is 9.82. The molecule has 4 N–H and O–H groups in total. The maximum Gasteiger partial charge on any atom is 0.352 e. The zero-order valence-corrected chi connectivity index (χ0v) is 24.0. The normalized spacial score (nSPS) is 17.3. The van der Waals surface area contributed by atoms with Gasteiger partial charge in [-0.3, -0.25) is 14.4 Å². The molecule has 3 amide bonds. The second-order valence-electron chi connectivity index (χ2n) is 11.1. The standard InChI is InChI=1S/C31H36N6O5/c1-36(2)18-28(38)37(3)24-6-4-5-20(13-24)14-26(35-29(39)21-9-7-19(17-32)8-10-21)30(40)33-23-11-12-25-22(15-23)16-27(34-25)31(41)42/h4-6,11-13,15-16,19,21,26,34H,7-10,14,18H2,1-3H3,(H,33,40)(H,35,39)(H,41,42)/t19?,21?,26-/m0/s1. The van der Waals surface area contributed by atoms with Gasteiger partial charge >= 0.3 is 5.97 Å². The maximum atomic E-state index is 13.6. The van der Waals surface area contributed by atoms with Crippen LogP contribution in [0.15, 0.2) is 48.5 Å². The number of hydrogen-bond donors (Lipinski definition) is 4. The Balaban J connectivity index is 1.54. The highest BCUT2D eigenvalue weighted by molar-refractivity contribution is 6.00. The number of anilines is 2. The summed E-state index contributed by atoms with van der Waals surface area (Å²) in [7, 11) is 5.33. The van der Waals surface area contributed by atoms with E-state index < -0.39 is 17.9 Å². The largest absolute Gasteiger partial charge is 0.477 e. The molecular weight excluding hydrogens is 536 g/mol. The van der Waals surface area contributed by atoms with E-state index in [1.165, 1.54) is 6.07 Å². The van der Waals surface area contributed by atoms with Crippen LogP contribution in [0.25, 0.3) is 10.9 Å². The van der Waals surface area contributed by atoms with Crippen molar-refractivity contribution in [2.24, 2.45) is 11.8 Å². The van der Waals surface area contributed by atoms with Crippen molar-refractivity contribution < 1.29 is 24.3 Å². The van der Waals surface area contributed by atoms with Crippen LogP contribution in [0.4, 0.5) is 11.4 Å². The molecule has 220 valence electrons. The third kappa shape index (κ3) is 7.53. The van der Waals surface area contributed by atoms with Gasteiger partial charge in [-0.2, -0.15) is 5.26 Å². The first-order valence-corrected chi connectivity index (χ1v) is 13.9. The molecule has 0 aliphatic heterocycles. The van der Waals surface area contributed by atoms with Crippen LogP contribution in [0.1, 0.15) is 41.7 Å². The van der Waals surface area contributed by atoms with Crippen LogP contribution >= 0.6 is 0 Å². The lowest BCUT2D eigenvalue weighted by molar-refractivity contribution is -0.130. The van der Waals surface area contributed by atoms with Gasteiger partial charge in [-0.15, -0.1) is 0 Å². The minimum Gasteiger partial charge on any atom is -0.477 e. The first kappa shape index (κ1) is 30.3. The molecule has 1 fully saturated rings. The highest BCUT2D eigenvalue weighted by atomic mass is 16.4. The second kappa shape index (κ2) is 13.3. The van der Waals surface area contributed by atoms with E-state index in [0.29, 0.717) is 48.0 Å². The Kier molecular flexibility index (Phi) is 9.60. The number of amides is 3. The predicted molar refractivity (Wildman–Crippen MR) is 159 cm³/mol. The molecule has 3 aromatic rings. The summed E-state index contributed by atoms with van der Waals surface area (Å²) >= 11 is 0. The number of carbonyl (C=O) groups is 4. The highest BCUT2D eigenvalue weighted by Crippen LogP contribution is 2.29. The third-order valence-corrected chi connectivity index (χ3v) is 7.60. The molecule has 42 heavy (non-hydrogen) atoms. The molecule has 1 aliphatic carbocycles. The number of rotatable bonds is 10. The van der Waals surface area contributed by atoms with E-state index in [9.17, 15) is 29.5 Å². The maximum absolute atomic E-state index is 13.6. The van der Waals surface area contributed by atoms with Gasteiger partial charge < -0.3 is 30.5 Å². The molecule has 0 saturated heterocycles. The zero-order chi connectivity index (χ0) is 30.4. The van der Waals surface area contributed by atoms with Gasteiger partial charge in [0.05, 0.1) is 12.6 Å². The lowest BCUT2D eigenvalue weighted by Crippen LogP contribution is -2.47. The van der Waals surface area contributed by atoms with Gasteiger partial charge in [0.1, 0.15) is 11.7 Å². The Morgan fingerprint density at radius 1 is 1.05 bits per heavy atom. The first-order chi connectivity index (χ1) is 20.0. The number of aromatic nitrogens is 1. The summed E-state index contributed by atoms with van der Waals surface area (Å²) in [6.07, 6.45) is 2.65. The number of hydrogen-bond acceptors (Lipinski definition) is 6. The van der Waals surface area contributed by atoms with Crippen molar-refractivity contribution in [1.82, 2.24) is 15.2 Å². The number of likely N-dealkylation sites (N-methyl/N-ethyl adjacent to an activating group) is 2. The number of fused-ring (bicyclic) bond motifs is 1. The third-order valence-electron chi connectivity index (χ3n) is 7.60. The molecule has 1 heterocycles. The average molecular weight is 573 g/mol. The van der Waals surface area contributed by atoms with Gasteiger partial charge in [0, 0.05) is 47.6 Å². The van der Waals surface area contributed by atoms with Crippen LogP contribution in [-0.2, 0) is 20.8 Å². The number of aromatic amines is 1. The molecule has 4 rings (SSSR count). The number of nitrogens with one attached hydrogen (secondary N) is 3. The van der Waals surface area contributed by atoms with Gasteiger partial charge in [0.2, 0.25) is 17.7 Å². The van der Waals surface area contributed by atoms with Crippen LogP contribution in [0, 0.1) is 23.2 Å². The van der Waals surface area contributed by atoms with Gasteiger partial charge in [-0.25, -0.2) is 4.79 Å². The SMILES string of the molecule is CN(C)CC(=O)N(C)c1cccc(C[C@H](NC(=O)C2CCC(C#N)CC2)C(=O)Nc2ccc3[nH]c(C(=O)O)cc3c2)c1. The summed E-state index contributed by atoms with van der Waals surface area (Å²) in [6.45, 7) is 0.245. The fourth-order valence-corrected chi connectivity index (χ4v) is 5.19. The minimum absolute atomic E-state index is 0.0404. The number of benzene rings is 2. The summed E-state index contributed by atoms with van der Waals surface area (Å²) in [4.78, 5) is 57.0. The van der Waals surface area contributed by atoms with E-state index in [4.69, 9.17) is 0 Å². The van der Waals surface area contributed by atoms with Crippen molar-refractivity contribution in [3.63, 3.8) is 0 Å².